The summed E-state index contributed by atoms with van der Waals surface area (Å²) in [6, 6.07) is 0. The normalized spacial score (nSPS) is 12.5. The van der Waals surface area contributed by atoms with E-state index in [2.05, 4.69) is 9.97 Å². The lowest BCUT2D eigenvalue weighted by molar-refractivity contribution is -0.269. The van der Waals surface area contributed by atoms with Crippen LogP contribution in [0.4, 0.5) is 22.0 Å². The summed E-state index contributed by atoms with van der Waals surface area (Å²) >= 11 is 0. The van der Waals surface area contributed by atoms with Crippen molar-refractivity contribution in [1.82, 2.24) is 15.3 Å². The van der Waals surface area contributed by atoms with Crippen molar-refractivity contribution in [3.05, 3.63) is 18.2 Å². The summed E-state index contributed by atoms with van der Waals surface area (Å²) in [7, 11) is 0. The Morgan fingerprint density at radius 3 is 2.50 bits per heavy atom. The van der Waals surface area contributed by atoms with Gasteiger partial charge in [-0.15, -0.1) is 0 Å². The molecular weight excluding hydrogens is 261 g/mol. The van der Waals surface area contributed by atoms with Crippen molar-refractivity contribution in [3.8, 4) is 0 Å². The van der Waals surface area contributed by atoms with Crippen LogP contribution < -0.4 is 5.32 Å². The summed E-state index contributed by atoms with van der Waals surface area (Å²) in [4.78, 5) is 17.2. The Hall–Kier alpha value is -1.67. The molecule has 1 rings (SSSR count). The van der Waals surface area contributed by atoms with E-state index in [0.717, 1.165) is 0 Å². The second kappa shape index (κ2) is 5.32. The lowest BCUT2D eigenvalue weighted by Crippen LogP contribution is -2.50. The van der Waals surface area contributed by atoms with Crippen LogP contribution >= 0.6 is 0 Å². The number of nitrogens with zero attached hydrogens (tertiary/aromatic N) is 1. The van der Waals surface area contributed by atoms with Gasteiger partial charge in [-0.25, -0.2) is 4.98 Å². The molecule has 9 heteroatoms. The molecule has 0 saturated carbocycles. The van der Waals surface area contributed by atoms with Gasteiger partial charge in [-0.2, -0.15) is 22.0 Å². The zero-order valence-electron chi connectivity index (χ0n) is 9.02. The number of aromatic nitrogens is 2. The maximum Gasteiger partial charge on any atom is 0.463 e. The second-order valence-electron chi connectivity index (χ2n) is 3.47. The minimum absolute atomic E-state index is 0.202. The fourth-order valence-electron chi connectivity index (χ4n) is 1.13. The number of H-pyrrole nitrogens is 1. The molecule has 0 spiro atoms. The van der Waals surface area contributed by atoms with E-state index in [1.165, 1.54) is 6.20 Å². The minimum atomic E-state index is -5.88. The average molecular weight is 271 g/mol. The van der Waals surface area contributed by atoms with Crippen molar-refractivity contribution >= 4 is 5.91 Å². The van der Waals surface area contributed by atoms with Crippen LogP contribution in [0.25, 0.3) is 0 Å². The van der Waals surface area contributed by atoms with E-state index in [0.29, 0.717) is 12.2 Å². The second-order valence-corrected chi connectivity index (χ2v) is 3.47. The van der Waals surface area contributed by atoms with E-state index in [-0.39, 0.29) is 13.0 Å². The number of aryl methyl sites for hydroxylation is 1. The monoisotopic (exact) mass is 271 g/mol. The smallest absolute Gasteiger partial charge is 0.351 e. The van der Waals surface area contributed by atoms with Gasteiger partial charge in [0.25, 0.3) is 5.91 Å². The van der Waals surface area contributed by atoms with E-state index in [9.17, 15) is 26.7 Å². The highest BCUT2D eigenvalue weighted by molar-refractivity contribution is 5.84. The van der Waals surface area contributed by atoms with Gasteiger partial charge in [0.05, 0.1) is 0 Å². The molecule has 1 aromatic heterocycles. The predicted molar refractivity (Wildman–Crippen MR) is 50.9 cm³/mol. The quantitative estimate of drug-likeness (QED) is 0.632. The fraction of sp³-hybridized carbons (Fsp3) is 0.556. The third-order valence-corrected chi connectivity index (χ3v) is 2.07. The Labute approximate surface area is 98.6 Å². The zero-order valence-corrected chi connectivity index (χ0v) is 9.02. The first-order valence-electron chi connectivity index (χ1n) is 4.96. The Kier molecular flexibility index (Phi) is 4.25. The average Bonchev–Trinajstić information content (AvgIpc) is 2.75. The van der Waals surface area contributed by atoms with Crippen LogP contribution in [0.15, 0.2) is 12.4 Å². The number of carbonyl (C=O) groups excluding carboxylic acids is 1. The van der Waals surface area contributed by atoms with Crippen LogP contribution in [0.5, 0.6) is 0 Å². The number of carbonyl (C=O) groups is 1. The van der Waals surface area contributed by atoms with Crippen LogP contribution in [0.3, 0.4) is 0 Å². The van der Waals surface area contributed by atoms with Crippen molar-refractivity contribution in [2.45, 2.75) is 24.9 Å². The molecule has 102 valence electrons. The molecule has 2 N–H and O–H groups in total. The number of imidazole rings is 1. The Balaban J connectivity index is 2.33. The third kappa shape index (κ3) is 3.41. The van der Waals surface area contributed by atoms with E-state index in [4.69, 9.17) is 0 Å². The van der Waals surface area contributed by atoms with Crippen molar-refractivity contribution in [2.75, 3.05) is 6.54 Å². The molecule has 1 amide bonds. The lowest BCUT2D eigenvalue weighted by atomic mass is 10.2. The number of rotatable bonds is 5. The van der Waals surface area contributed by atoms with E-state index in [1.54, 1.807) is 11.5 Å². The van der Waals surface area contributed by atoms with Crippen LogP contribution in [-0.4, -0.2) is 34.5 Å². The zero-order chi connectivity index (χ0) is 13.8. The highest BCUT2D eigenvalue weighted by Crippen LogP contribution is 2.35. The summed E-state index contributed by atoms with van der Waals surface area (Å²) < 4.78 is 60.3. The van der Waals surface area contributed by atoms with Crippen LogP contribution in [0, 0.1) is 0 Å². The number of halogens is 5. The van der Waals surface area contributed by atoms with Crippen molar-refractivity contribution in [2.24, 2.45) is 0 Å². The molecule has 0 bridgehead atoms. The van der Waals surface area contributed by atoms with E-state index in [1.807, 2.05) is 0 Å². The molecule has 4 nitrogen and oxygen atoms in total. The number of aromatic amines is 1. The molecule has 1 heterocycles. The minimum Gasteiger partial charge on any atom is -0.351 e. The molecule has 0 unspecified atom stereocenters. The SMILES string of the molecule is O=C(NCCCc1ncc[nH]1)C(F)(F)C(F)(F)F. The van der Waals surface area contributed by atoms with Gasteiger partial charge >= 0.3 is 12.1 Å². The van der Waals surface area contributed by atoms with E-state index >= 15 is 0 Å². The standard InChI is InChI=1S/C9H10F5N3O/c10-8(11,9(12,13)14)7(18)17-3-1-2-6-15-4-5-16-6/h4-5H,1-3H2,(H,15,16)(H,17,18). The molecule has 0 aliphatic carbocycles. The molecular formula is C9H10F5N3O. The molecule has 1 aromatic rings. The van der Waals surface area contributed by atoms with Gasteiger partial charge in [-0.3, -0.25) is 4.79 Å². The van der Waals surface area contributed by atoms with Gasteiger partial charge in [-0.05, 0) is 6.42 Å². The van der Waals surface area contributed by atoms with Crippen LogP contribution in [0.2, 0.25) is 0 Å². The molecule has 0 aliphatic rings. The number of amides is 1. The first-order valence-corrected chi connectivity index (χ1v) is 4.96. The molecule has 0 atom stereocenters. The van der Waals surface area contributed by atoms with Crippen molar-refractivity contribution in [3.63, 3.8) is 0 Å². The van der Waals surface area contributed by atoms with E-state index < -0.39 is 18.0 Å². The van der Waals surface area contributed by atoms with Gasteiger partial charge in [0, 0.05) is 25.4 Å². The van der Waals surface area contributed by atoms with Gasteiger partial charge in [0.2, 0.25) is 0 Å². The fourth-order valence-corrected chi connectivity index (χ4v) is 1.13. The van der Waals surface area contributed by atoms with Gasteiger partial charge in [-0.1, -0.05) is 0 Å². The van der Waals surface area contributed by atoms with Gasteiger partial charge in [0.15, 0.2) is 0 Å². The van der Waals surface area contributed by atoms with Crippen molar-refractivity contribution < 1.29 is 26.7 Å². The predicted octanol–water partition coefficient (Wildman–Crippen LogP) is 1.66. The Morgan fingerprint density at radius 2 is 2.00 bits per heavy atom. The number of hydrogen-bond donors (Lipinski definition) is 2. The topological polar surface area (TPSA) is 57.8 Å². The molecule has 0 aliphatic heterocycles. The summed E-state index contributed by atoms with van der Waals surface area (Å²) in [6.07, 6.45) is -2.31. The number of nitrogens with one attached hydrogen (secondary N) is 2. The lowest BCUT2D eigenvalue weighted by Gasteiger charge is -2.18. The molecule has 0 aromatic carbocycles. The summed E-state index contributed by atoms with van der Waals surface area (Å²) in [5, 5.41) is 1.54. The first-order chi connectivity index (χ1) is 8.25. The third-order valence-electron chi connectivity index (χ3n) is 2.07. The highest BCUT2D eigenvalue weighted by Gasteiger charge is 2.63. The van der Waals surface area contributed by atoms with Crippen LogP contribution in [0.1, 0.15) is 12.2 Å². The largest absolute Gasteiger partial charge is 0.463 e. The number of hydrogen-bond acceptors (Lipinski definition) is 2. The van der Waals surface area contributed by atoms with Gasteiger partial charge in [0.1, 0.15) is 5.82 Å². The highest BCUT2D eigenvalue weighted by atomic mass is 19.4. The van der Waals surface area contributed by atoms with Crippen LogP contribution in [-0.2, 0) is 11.2 Å². The van der Waals surface area contributed by atoms with Crippen molar-refractivity contribution in [1.29, 1.82) is 0 Å². The first kappa shape index (κ1) is 14.4. The number of alkyl halides is 5. The molecule has 0 fully saturated rings. The summed E-state index contributed by atoms with van der Waals surface area (Å²) in [5.41, 5.74) is 0. The maximum absolute atomic E-state index is 12.5. The van der Waals surface area contributed by atoms with Gasteiger partial charge < -0.3 is 10.3 Å². The molecule has 0 saturated heterocycles. The molecule has 0 radical (unpaired) electrons. The summed E-state index contributed by atoms with van der Waals surface area (Å²) in [5.74, 6) is -7.14. The maximum atomic E-state index is 12.5. The molecule has 18 heavy (non-hydrogen) atoms. The Morgan fingerprint density at radius 1 is 1.33 bits per heavy atom. The summed E-state index contributed by atoms with van der Waals surface area (Å²) in [6.45, 7) is -0.287. The Bertz CT molecular complexity index is 387.